The molecule has 0 saturated carbocycles. The lowest BCUT2D eigenvalue weighted by molar-refractivity contribution is 0.102. The van der Waals surface area contributed by atoms with Crippen molar-refractivity contribution in [2.24, 2.45) is 0 Å². The zero-order chi connectivity index (χ0) is 22.4. The molecular weight excluding hydrogens is 438 g/mol. The Kier molecular flexibility index (Phi) is 7.27. The fraction of sp³-hybridized carbons (Fsp3) is 0.182. The van der Waals surface area contributed by atoms with E-state index in [9.17, 15) is 13.2 Å². The van der Waals surface area contributed by atoms with E-state index in [4.69, 9.17) is 16.3 Å². The Morgan fingerprint density at radius 2 is 1.77 bits per heavy atom. The number of carbonyl (C=O) groups is 1. The number of ether oxygens (including phenoxy) is 1. The molecule has 162 valence electrons. The summed E-state index contributed by atoms with van der Waals surface area (Å²) in [7, 11) is -3.70. The van der Waals surface area contributed by atoms with Gasteiger partial charge in [-0.1, -0.05) is 43.6 Å². The molecule has 0 aliphatic rings. The highest BCUT2D eigenvalue weighted by Crippen LogP contribution is 2.29. The Labute approximate surface area is 186 Å². The molecule has 0 unspecified atom stereocenters. The van der Waals surface area contributed by atoms with Gasteiger partial charge in [0.2, 0.25) is 15.9 Å². The van der Waals surface area contributed by atoms with Crippen molar-refractivity contribution in [3.05, 3.63) is 77.4 Å². The molecule has 0 saturated heterocycles. The zero-order valence-electron chi connectivity index (χ0n) is 17.1. The number of pyridine rings is 1. The van der Waals surface area contributed by atoms with Gasteiger partial charge in [-0.25, -0.2) is 13.4 Å². The predicted octanol–water partition coefficient (Wildman–Crippen LogP) is 4.81. The van der Waals surface area contributed by atoms with Crippen LogP contribution in [0.3, 0.4) is 0 Å². The number of rotatable bonds is 8. The standard InChI is InChI=1S/C22H22ClN3O4S/c1-3-26(4-2)31(28,29)17-12-13-19(23)20(15-17)25-21(27)18-11-8-14-24-22(18)30-16-9-6-5-7-10-16/h5-15H,3-4H2,1-2H3,(H,25,27). The van der Waals surface area contributed by atoms with Crippen molar-refractivity contribution in [1.29, 1.82) is 0 Å². The molecule has 0 bridgehead atoms. The Bertz CT molecular complexity index is 1170. The van der Waals surface area contributed by atoms with Crippen LogP contribution in [0.25, 0.3) is 0 Å². The number of nitrogens with zero attached hydrogens (tertiary/aromatic N) is 2. The number of hydrogen-bond acceptors (Lipinski definition) is 5. The van der Waals surface area contributed by atoms with Gasteiger partial charge in [-0.3, -0.25) is 4.79 Å². The van der Waals surface area contributed by atoms with Crippen LogP contribution < -0.4 is 10.1 Å². The van der Waals surface area contributed by atoms with Gasteiger partial charge in [-0.2, -0.15) is 4.31 Å². The quantitative estimate of drug-likeness (QED) is 0.522. The third kappa shape index (κ3) is 5.22. The average Bonchev–Trinajstić information content (AvgIpc) is 2.77. The molecule has 1 aromatic heterocycles. The van der Waals surface area contributed by atoms with Crippen molar-refractivity contribution in [2.75, 3.05) is 18.4 Å². The topological polar surface area (TPSA) is 88.6 Å². The lowest BCUT2D eigenvalue weighted by Crippen LogP contribution is -2.30. The van der Waals surface area contributed by atoms with E-state index in [0.717, 1.165) is 0 Å². The van der Waals surface area contributed by atoms with E-state index in [1.54, 1.807) is 50.2 Å². The van der Waals surface area contributed by atoms with Crippen LogP contribution in [0.15, 0.2) is 71.8 Å². The third-order valence-electron chi connectivity index (χ3n) is 4.50. The average molecular weight is 460 g/mol. The van der Waals surface area contributed by atoms with Crippen LogP contribution in [0.2, 0.25) is 5.02 Å². The van der Waals surface area contributed by atoms with Crippen LogP contribution in [0.5, 0.6) is 11.6 Å². The molecular formula is C22H22ClN3O4S. The highest BCUT2D eigenvalue weighted by atomic mass is 35.5. The maximum absolute atomic E-state index is 12.9. The second-order valence-electron chi connectivity index (χ2n) is 6.46. The van der Waals surface area contributed by atoms with E-state index < -0.39 is 15.9 Å². The number of anilines is 1. The van der Waals surface area contributed by atoms with Crippen molar-refractivity contribution in [1.82, 2.24) is 9.29 Å². The van der Waals surface area contributed by atoms with E-state index in [1.165, 1.54) is 28.7 Å². The fourth-order valence-electron chi connectivity index (χ4n) is 2.91. The molecule has 2 aromatic carbocycles. The molecule has 1 heterocycles. The van der Waals surface area contributed by atoms with Gasteiger partial charge in [0.25, 0.3) is 5.91 Å². The number of benzene rings is 2. The van der Waals surface area contributed by atoms with Gasteiger partial charge in [0.1, 0.15) is 11.3 Å². The molecule has 1 N–H and O–H groups in total. The van der Waals surface area contributed by atoms with Crippen molar-refractivity contribution in [2.45, 2.75) is 18.7 Å². The van der Waals surface area contributed by atoms with Crippen LogP contribution in [-0.2, 0) is 10.0 Å². The summed E-state index contributed by atoms with van der Waals surface area (Å²) in [6, 6.07) is 16.3. The van der Waals surface area contributed by atoms with Crippen LogP contribution in [0, 0.1) is 0 Å². The highest BCUT2D eigenvalue weighted by Gasteiger charge is 2.23. The first-order chi connectivity index (χ1) is 14.9. The highest BCUT2D eigenvalue weighted by molar-refractivity contribution is 7.89. The number of amides is 1. The van der Waals surface area contributed by atoms with Crippen LogP contribution >= 0.6 is 11.6 Å². The Morgan fingerprint density at radius 1 is 1.06 bits per heavy atom. The molecule has 0 aliphatic carbocycles. The van der Waals surface area contributed by atoms with Crippen molar-refractivity contribution >= 4 is 33.2 Å². The van der Waals surface area contributed by atoms with E-state index in [0.29, 0.717) is 18.8 Å². The van der Waals surface area contributed by atoms with E-state index >= 15 is 0 Å². The third-order valence-corrected chi connectivity index (χ3v) is 6.88. The first-order valence-electron chi connectivity index (χ1n) is 9.65. The van der Waals surface area contributed by atoms with Crippen molar-refractivity contribution in [3.63, 3.8) is 0 Å². The minimum atomic E-state index is -3.70. The molecule has 3 rings (SSSR count). The molecule has 7 nitrogen and oxygen atoms in total. The Hall–Kier alpha value is -2.94. The van der Waals surface area contributed by atoms with Gasteiger partial charge < -0.3 is 10.1 Å². The summed E-state index contributed by atoms with van der Waals surface area (Å²) in [5.74, 6) is 0.119. The lowest BCUT2D eigenvalue weighted by Gasteiger charge is -2.19. The minimum Gasteiger partial charge on any atom is -0.438 e. The summed E-state index contributed by atoms with van der Waals surface area (Å²) >= 11 is 6.22. The number of carbonyl (C=O) groups excluding carboxylic acids is 1. The number of para-hydroxylation sites is 1. The van der Waals surface area contributed by atoms with Gasteiger partial charge in [-0.05, 0) is 42.5 Å². The van der Waals surface area contributed by atoms with Crippen LogP contribution in [-0.4, -0.2) is 36.7 Å². The fourth-order valence-corrected chi connectivity index (χ4v) is 4.56. The number of aromatic nitrogens is 1. The van der Waals surface area contributed by atoms with Gasteiger partial charge in [-0.15, -0.1) is 0 Å². The van der Waals surface area contributed by atoms with E-state index in [-0.39, 0.29) is 27.0 Å². The summed E-state index contributed by atoms with van der Waals surface area (Å²) in [5.41, 5.74) is 0.355. The summed E-state index contributed by atoms with van der Waals surface area (Å²) in [6.45, 7) is 4.19. The molecule has 0 radical (unpaired) electrons. The minimum absolute atomic E-state index is 0.0443. The summed E-state index contributed by atoms with van der Waals surface area (Å²) < 4.78 is 32.7. The molecule has 1 amide bonds. The van der Waals surface area contributed by atoms with Gasteiger partial charge in [0.15, 0.2) is 0 Å². The second-order valence-corrected chi connectivity index (χ2v) is 8.80. The SMILES string of the molecule is CCN(CC)S(=O)(=O)c1ccc(Cl)c(NC(=O)c2cccnc2Oc2ccccc2)c1. The molecule has 3 aromatic rings. The zero-order valence-corrected chi connectivity index (χ0v) is 18.7. The second kappa shape index (κ2) is 9.91. The smallest absolute Gasteiger partial charge is 0.261 e. The summed E-state index contributed by atoms with van der Waals surface area (Å²) in [4.78, 5) is 17.1. The van der Waals surface area contributed by atoms with Crippen LogP contribution in [0.4, 0.5) is 5.69 Å². The first-order valence-corrected chi connectivity index (χ1v) is 11.5. The van der Waals surface area contributed by atoms with Gasteiger partial charge >= 0.3 is 0 Å². The number of halogens is 1. The normalized spacial score (nSPS) is 11.4. The van der Waals surface area contributed by atoms with E-state index in [2.05, 4.69) is 10.3 Å². The van der Waals surface area contributed by atoms with E-state index in [1.807, 2.05) is 6.07 Å². The number of sulfonamides is 1. The molecule has 0 spiro atoms. The Morgan fingerprint density at radius 3 is 2.45 bits per heavy atom. The molecule has 0 aliphatic heterocycles. The summed E-state index contributed by atoms with van der Waals surface area (Å²) in [6.07, 6.45) is 1.51. The van der Waals surface area contributed by atoms with Crippen molar-refractivity contribution in [3.8, 4) is 11.6 Å². The van der Waals surface area contributed by atoms with Gasteiger partial charge in [0, 0.05) is 19.3 Å². The predicted molar refractivity (Wildman–Crippen MR) is 120 cm³/mol. The maximum Gasteiger partial charge on any atom is 0.261 e. The number of nitrogens with one attached hydrogen (secondary N) is 1. The lowest BCUT2D eigenvalue weighted by atomic mass is 10.2. The molecule has 0 fully saturated rings. The first kappa shape index (κ1) is 22.7. The number of hydrogen-bond donors (Lipinski definition) is 1. The maximum atomic E-state index is 12.9. The Balaban J connectivity index is 1.89. The molecule has 9 heteroatoms. The van der Waals surface area contributed by atoms with Crippen LogP contribution in [0.1, 0.15) is 24.2 Å². The van der Waals surface area contributed by atoms with Crippen molar-refractivity contribution < 1.29 is 17.9 Å². The monoisotopic (exact) mass is 459 g/mol. The summed E-state index contributed by atoms with van der Waals surface area (Å²) in [5, 5.41) is 2.88. The molecule has 31 heavy (non-hydrogen) atoms. The largest absolute Gasteiger partial charge is 0.438 e. The molecule has 0 atom stereocenters. The van der Waals surface area contributed by atoms with Gasteiger partial charge in [0.05, 0.1) is 15.6 Å².